The van der Waals surface area contributed by atoms with E-state index in [2.05, 4.69) is 153 Å². The SMILES string of the molecule is CC(C)c1cc2c3c(cc4c(C(C)C)cc5c6c(cc1c3c46)B1c3ccc(CC(=O)c4ccccc4)cc3N(c3ccccc3)c3cc(C(=O)OCc4ccccc4)cc-5c31)B1c3ccc(C(=O)OCc4ccccc4)cc3N(c3ccccc3)c3cc(CC(=O)c4ccccc4)cc-2c31. The third-order valence-electron chi connectivity index (χ3n) is 21.2. The van der Waals surface area contributed by atoms with Gasteiger partial charge in [0.15, 0.2) is 11.6 Å². The fraction of sp³-hybridized carbons (Fsp3) is 0.111. The molecule has 0 N–H and O–H groups in total. The van der Waals surface area contributed by atoms with Crippen LogP contribution in [-0.2, 0) is 35.5 Å². The highest BCUT2D eigenvalue weighted by atomic mass is 16.5. The van der Waals surface area contributed by atoms with Crippen LogP contribution in [-0.4, -0.2) is 36.9 Å². The Bertz CT molecular complexity index is 5710. The first-order chi connectivity index (χ1) is 48.9. The van der Waals surface area contributed by atoms with Crippen LogP contribution >= 0.6 is 0 Å². The molecule has 18 rings (SSSR count). The van der Waals surface area contributed by atoms with E-state index in [1.54, 1.807) is 0 Å². The van der Waals surface area contributed by atoms with Crippen molar-refractivity contribution in [3.63, 3.8) is 0 Å². The highest BCUT2D eigenvalue weighted by Gasteiger charge is 2.47. The summed E-state index contributed by atoms with van der Waals surface area (Å²) in [6, 6.07) is 90.7. The van der Waals surface area contributed by atoms with Crippen LogP contribution in [0.5, 0.6) is 0 Å². The zero-order valence-corrected chi connectivity index (χ0v) is 55.9. The fourth-order valence-corrected chi connectivity index (χ4v) is 16.7. The highest BCUT2D eigenvalue weighted by molar-refractivity contribution is 7.02. The maximum atomic E-state index is 15.2. The summed E-state index contributed by atoms with van der Waals surface area (Å²) in [5.74, 6) is -0.699. The van der Waals surface area contributed by atoms with Gasteiger partial charge in [0, 0.05) is 58.1 Å². The summed E-state index contributed by atoms with van der Waals surface area (Å²) in [7, 11) is 0. The van der Waals surface area contributed by atoms with Crippen molar-refractivity contribution in [1.29, 1.82) is 0 Å². The number of para-hydroxylation sites is 2. The second kappa shape index (κ2) is 24.0. The van der Waals surface area contributed by atoms with Gasteiger partial charge in [0.2, 0.25) is 13.4 Å². The molecule has 0 aromatic heterocycles. The standard InChI is InChI=1S/C90H66B2N2O6/c1-53(2)65-47-67-71-39-58(43-82(96)60-29-17-8-18-30-60)41-79-87(71)92(74-38-36-61(89(97)99-51-55-23-11-5-12-24-55)45-78(74)94(79)64-33-21-10-22-34-64)75-49-70-66(54(3)4)48-68-72-44-62(90(98)100-52-56-25-13-6-14-26-56)46-80-88(72)91(76-50-69(65)85(83(67)75)86(70)84(68)76)73-37-35-57(42-81(95)59-27-15-7-16-28-59)40-77(73)93(80)63-31-19-9-20-32-63/h5-41,44-50,53-54H,42-43,51-52H2,1-4H3. The summed E-state index contributed by atoms with van der Waals surface area (Å²) in [6.07, 6.45) is 0.360. The van der Waals surface area contributed by atoms with E-state index in [1.807, 2.05) is 152 Å². The first-order valence-corrected chi connectivity index (χ1v) is 34.7. The Kier molecular flexibility index (Phi) is 14.5. The lowest BCUT2D eigenvalue weighted by molar-refractivity contribution is 0.0464. The average molecular weight is 1290 g/mol. The van der Waals surface area contributed by atoms with Crippen LogP contribution in [0.2, 0.25) is 0 Å². The van der Waals surface area contributed by atoms with Crippen LogP contribution in [0, 0.1) is 0 Å². The Labute approximate surface area is 581 Å². The number of benzene rings is 14. The van der Waals surface area contributed by atoms with Gasteiger partial charge < -0.3 is 19.3 Å². The average Bonchev–Trinajstić information content (AvgIpc) is 0.662. The lowest BCUT2D eigenvalue weighted by Crippen LogP contribution is -2.60. The topological polar surface area (TPSA) is 93.2 Å². The Morgan fingerprint density at radius 1 is 0.330 bits per heavy atom. The Morgan fingerprint density at radius 3 is 1.22 bits per heavy atom. The van der Waals surface area contributed by atoms with E-state index in [4.69, 9.17) is 9.47 Å². The van der Waals surface area contributed by atoms with Crippen LogP contribution in [0.1, 0.15) is 114 Å². The molecule has 0 amide bonds. The number of hydrogen-bond donors (Lipinski definition) is 0. The van der Waals surface area contributed by atoms with E-state index < -0.39 is 11.9 Å². The molecule has 0 saturated carbocycles. The molecule has 0 fully saturated rings. The molecule has 0 unspecified atom stereocenters. The lowest BCUT2D eigenvalue weighted by atomic mass is 9.31. The smallest absolute Gasteiger partial charge is 0.338 e. The number of carbonyl (C=O) groups is 4. The number of ketones is 2. The number of carbonyl (C=O) groups excluding carboxylic acids is 4. The van der Waals surface area contributed by atoms with E-state index in [0.29, 0.717) is 22.3 Å². The molecule has 100 heavy (non-hydrogen) atoms. The van der Waals surface area contributed by atoms with Crippen LogP contribution in [0.25, 0.3) is 54.6 Å². The fourth-order valence-electron chi connectivity index (χ4n) is 16.7. The number of Topliss-reactive ketones (excluding diaryl/α,β-unsaturated/α-hetero) is 2. The van der Waals surface area contributed by atoms with Crippen molar-refractivity contribution in [3.8, 4) is 22.3 Å². The third-order valence-corrected chi connectivity index (χ3v) is 21.2. The molecule has 0 bridgehead atoms. The molecule has 0 saturated heterocycles. The zero-order chi connectivity index (χ0) is 67.6. The normalized spacial score (nSPS) is 12.8. The van der Waals surface area contributed by atoms with Crippen molar-refractivity contribution >= 4 is 136 Å². The number of ether oxygens (including phenoxy) is 2. The molecule has 0 radical (unpaired) electrons. The van der Waals surface area contributed by atoms with Gasteiger partial charge >= 0.3 is 11.9 Å². The molecule has 8 nitrogen and oxygen atoms in total. The van der Waals surface area contributed by atoms with E-state index in [1.165, 1.54) is 38.2 Å². The molecule has 4 aliphatic rings. The quantitative estimate of drug-likeness (QED) is 0.0409. The summed E-state index contributed by atoms with van der Waals surface area (Å²) >= 11 is 0. The van der Waals surface area contributed by atoms with E-state index in [-0.39, 0.29) is 62.9 Å². The number of nitrogens with zero attached hydrogens (tertiary/aromatic N) is 2. The van der Waals surface area contributed by atoms with Gasteiger partial charge in [-0.15, -0.1) is 0 Å². The van der Waals surface area contributed by atoms with Crippen molar-refractivity contribution < 1.29 is 28.7 Å². The Hall–Kier alpha value is -11.9. The maximum Gasteiger partial charge on any atom is 0.338 e. The van der Waals surface area contributed by atoms with Crippen LogP contribution in [0.3, 0.4) is 0 Å². The minimum Gasteiger partial charge on any atom is -0.457 e. The van der Waals surface area contributed by atoms with Crippen molar-refractivity contribution in [2.45, 2.75) is 65.6 Å². The second-order valence-corrected chi connectivity index (χ2v) is 27.8. The molecule has 14 aromatic carbocycles. The second-order valence-electron chi connectivity index (χ2n) is 27.8. The molecule has 478 valence electrons. The van der Waals surface area contributed by atoms with Gasteiger partial charge in [0.05, 0.1) is 11.1 Å². The summed E-state index contributed by atoms with van der Waals surface area (Å²) in [5, 5.41) is 6.99. The van der Waals surface area contributed by atoms with Crippen molar-refractivity contribution in [2.24, 2.45) is 0 Å². The van der Waals surface area contributed by atoms with Crippen LogP contribution in [0.15, 0.2) is 267 Å². The predicted molar refractivity (Wildman–Crippen MR) is 408 cm³/mol. The van der Waals surface area contributed by atoms with Gasteiger partial charge in [-0.2, -0.15) is 0 Å². The minimum atomic E-state index is -0.427. The molecular formula is C90H66B2N2O6. The maximum absolute atomic E-state index is 15.2. The van der Waals surface area contributed by atoms with Gasteiger partial charge in [-0.25, -0.2) is 9.59 Å². The number of fused-ring (bicyclic) bond motifs is 8. The first-order valence-electron chi connectivity index (χ1n) is 34.7. The molecule has 4 heterocycles. The summed E-state index contributed by atoms with van der Waals surface area (Å²) in [4.78, 5) is 63.3. The van der Waals surface area contributed by atoms with Crippen molar-refractivity contribution in [2.75, 3.05) is 9.80 Å². The van der Waals surface area contributed by atoms with Gasteiger partial charge in [0.1, 0.15) is 13.2 Å². The van der Waals surface area contributed by atoms with E-state index in [9.17, 15) is 14.4 Å². The lowest BCUT2D eigenvalue weighted by Gasteiger charge is -2.43. The largest absolute Gasteiger partial charge is 0.457 e. The molecule has 4 aliphatic heterocycles. The number of hydrogen-bond acceptors (Lipinski definition) is 8. The van der Waals surface area contributed by atoms with E-state index in [0.717, 1.165) is 117 Å². The minimum absolute atomic E-state index is 0.0184. The molecule has 0 aliphatic carbocycles. The number of esters is 2. The van der Waals surface area contributed by atoms with Crippen LogP contribution in [0.4, 0.5) is 34.1 Å². The van der Waals surface area contributed by atoms with Crippen molar-refractivity contribution in [1.82, 2.24) is 0 Å². The summed E-state index contributed by atoms with van der Waals surface area (Å²) in [5.41, 5.74) is 24.5. The van der Waals surface area contributed by atoms with Gasteiger partial charge in [0.25, 0.3) is 0 Å². The molecule has 10 heteroatoms. The molecule has 14 aromatic rings. The molecule has 0 spiro atoms. The highest BCUT2D eigenvalue weighted by Crippen LogP contribution is 2.52. The van der Waals surface area contributed by atoms with E-state index >= 15 is 4.79 Å². The van der Waals surface area contributed by atoms with Gasteiger partial charge in [-0.3, -0.25) is 9.59 Å². The van der Waals surface area contributed by atoms with Gasteiger partial charge in [-0.1, -0.05) is 233 Å². The van der Waals surface area contributed by atoms with Crippen molar-refractivity contribution in [3.05, 3.63) is 323 Å². The predicted octanol–water partition coefficient (Wildman–Crippen LogP) is 17.0. The Morgan fingerprint density at radius 2 is 0.730 bits per heavy atom. The summed E-state index contributed by atoms with van der Waals surface area (Å²) in [6.45, 7) is 8.79. The van der Waals surface area contributed by atoms with Crippen LogP contribution < -0.4 is 42.6 Å². The first kappa shape index (κ1) is 60.5. The molecule has 0 atom stereocenters. The van der Waals surface area contributed by atoms with Gasteiger partial charge in [-0.05, 0) is 194 Å². The zero-order valence-electron chi connectivity index (χ0n) is 55.9. The number of anilines is 6. The summed E-state index contributed by atoms with van der Waals surface area (Å²) < 4.78 is 12.4. The third kappa shape index (κ3) is 9.82. The monoisotopic (exact) mass is 1290 g/mol. The Balaban J connectivity index is 0.930. The number of rotatable bonds is 16. The molecular weight excluding hydrogens is 1230 g/mol.